The molecular weight excluding hydrogens is 368 g/mol. The number of anilines is 1. The van der Waals surface area contributed by atoms with Gasteiger partial charge in [-0.3, -0.25) is 9.59 Å². The summed E-state index contributed by atoms with van der Waals surface area (Å²) in [5.74, 6) is 0.342. The van der Waals surface area contributed by atoms with E-state index in [1.54, 1.807) is 24.3 Å². The summed E-state index contributed by atoms with van der Waals surface area (Å²) in [6.45, 7) is -0.198. The predicted octanol–water partition coefficient (Wildman–Crippen LogP) is 2.43. The van der Waals surface area contributed by atoms with Crippen LogP contribution in [0, 0.1) is 0 Å². The third-order valence-electron chi connectivity index (χ3n) is 2.84. The zero-order valence-corrected chi connectivity index (χ0v) is 14.1. The first-order valence-corrected chi connectivity index (χ1v) is 7.37. The summed E-state index contributed by atoms with van der Waals surface area (Å²) >= 11 is 3.10. The second-order valence-corrected chi connectivity index (χ2v) is 5.22. The van der Waals surface area contributed by atoms with Gasteiger partial charge in [0.25, 0.3) is 5.91 Å². The first-order valence-electron chi connectivity index (χ1n) is 6.58. The molecule has 8 heteroatoms. The third kappa shape index (κ3) is 4.75. The molecule has 0 radical (unpaired) electrons. The Labute approximate surface area is 141 Å². The van der Waals surface area contributed by atoms with E-state index in [1.165, 1.54) is 20.3 Å². The van der Waals surface area contributed by atoms with Crippen molar-refractivity contribution in [3.8, 4) is 11.5 Å². The number of halogens is 1. The topological polar surface area (TPSA) is 89.8 Å². The smallest absolute Gasteiger partial charge is 0.287 e. The van der Waals surface area contributed by atoms with Crippen LogP contribution in [0.3, 0.4) is 0 Å². The highest BCUT2D eigenvalue weighted by atomic mass is 79.9. The quantitative estimate of drug-likeness (QED) is 0.800. The highest BCUT2D eigenvalue weighted by Gasteiger charge is 2.12. The van der Waals surface area contributed by atoms with E-state index < -0.39 is 5.91 Å². The molecule has 0 fully saturated rings. The maximum atomic E-state index is 11.9. The minimum Gasteiger partial charge on any atom is -0.497 e. The number of hydrogen-bond acceptors (Lipinski definition) is 5. The second-order valence-electron chi connectivity index (χ2n) is 4.44. The Morgan fingerprint density at radius 1 is 1.13 bits per heavy atom. The number of furan rings is 1. The van der Waals surface area contributed by atoms with Gasteiger partial charge in [0.2, 0.25) is 5.91 Å². The molecule has 2 amide bonds. The van der Waals surface area contributed by atoms with Crippen LogP contribution in [-0.4, -0.2) is 32.6 Å². The van der Waals surface area contributed by atoms with Crippen molar-refractivity contribution in [2.45, 2.75) is 0 Å². The monoisotopic (exact) mass is 382 g/mol. The lowest BCUT2D eigenvalue weighted by molar-refractivity contribution is -0.115. The molecule has 122 valence electrons. The molecule has 1 heterocycles. The average molecular weight is 383 g/mol. The van der Waals surface area contributed by atoms with Crippen LogP contribution >= 0.6 is 15.9 Å². The lowest BCUT2D eigenvalue weighted by atomic mass is 10.2. The number of benzene rings is 1. The van der Waals surface area contributed by atoms with Gasteiger partial charge in [0, 0.05) is 23.9 Å². The molecule has 23 heavy (non-hydrogen) atoms. The van der Waals surface area contributed by atoms with Gasteiger partial charge in [0.05, 0.1) is 20.8 Å². The molecule has 2 N–H and O–H groups in total. The Hall–Kier alpha value is -2.48. The number of ether oxygens (including phenoxy) is 2. The normalized spacial score (nSPS) is 10.0. The van der Waals surface area contributed by atoms with E-state index in [4.69, 9.17) is 13.9 Å². The Balaban J connectivity index is 1.93. The van der Waals surface area contributed by atoms with Crippen molar-refractivity contribution in [2.75, 3.05) is 26.1 Å². The number of carbonyl (C=O) groups is 2. The van der Waals surface area contributed by atoms with Crippen LogP contribution in [0.4, 0.5) is 5.69 Å². The summed E-state index contributed by atoms with van der Waals surface area (Å²) in [4.78, 5) is 23.7. The van der Waals surface area contributed by atoms with Crippen LogP contribution in [0.1, 0.15) is 10.6 Å². The summed E-state index contributed by atoms with van der Waals surface area (Å²) in [7, 11) is 3.03. The molecular formula is C15H15BrN2O5. The van der Waals surface area contributed by atoms with Gasteiger partial charge in [-0.05, 0) is 28.1 Å². The fourth-order valence-electron chi connectivity index (χ4n) is 1.77. The lowest BCUT2D eigenvalue weighted by Gasteiger charge is -2.10. The zero-order valence-electron chi connectivity index (χ0n) is 12.5. The minimum atomic E-state index is -0.478. The van der Waals surface area contributed by atoms with Crippen LogP contribution in [0.25, 0.3) is 0 Å². The SMILES string of the molecule is COc1cc(NC(=O)CNC(=O)c2ccc(Br)o2)cc(OC)c1. The van der Waals surface area contributed by atoms with Crippen molar-refractivity contribution < 1.29 is 23.5 Å². The highest BCUT2D eigenvalue weighted by molar-refractivity contribution is 9.10. The maximum Gasteiger partial charge on any atom is 0.287 e. The average Bonchev–Trinajstić information content (AvgIpc) is 2.98. The molecule has 2 rings (SSSR count). The summed E-state index contributed by atoms with van der Waals surface area (Å²) in [5, 5.41) is 5.11. The van der Waals surface area contributed by atoms with Crippen molar-refractivity contribution in [1.29, 1.82) is 0 Å². The van der Waals surface area contributed by atoms with E-state index in [9.17, 15) is 9.59 Å². The molecule has 0 aliphatic heterocycles. The van der Waals surface area contributed by atoms with E-state index in [0.29, 0.717) is 21.9 Å². The van der Waals surface area contributed by atoms with Crippen LogP contribution < -0.4 is 20.1 Å². The predicted molar refractivity (Wildman–Crippen MR) is 86.9 cm³/mol. The van der Waals surface area contributed by atoms with Crippen molar-refractivity contribution in [3.63, 3.8) is 0 Å². The second kappa shape index (κ2) is 7.68. The highest BCUT2D eigenvalue weighted by Crippen LogP contribution is 2.25. The van der Waals surface area contributed by atoms with Crippen LogP contribution in [0.5, 0.6) is 11.5 Å². The Kier molecular flexibility index (Phi) is 5.64. The first-order chi connectivity index (χ1) is 11.0. The van der Waals surface area contributed by atoms with Gasteiger partial charge in [-0.1, -0.05) is 0 Å². The zero-order chi connectivity index (χ0) is 16.8. The first kappa shape index (κ1) is 16.9. The number of carbonyl (C=O) groups excluding carboxylic acids is 2. The van der Waals surface area contributed by atoms with Gasteiger partial charge in [-0.25, -0.2) is 0 Å². The van der Waals surface area contributed by atoms with E-state index in [0.717, 1.165) is 0 Å². The van der Waals surface area contributed by atoms with E-state index in [2.05, 4.69) is 26.6 Å². The van der Waals surface area contributed by atoms with Gasteiger partial charge in [-0.15, -0.1) is 0 Å². The van der Waals surface area contributed by atoms with Crippen molar-refractivity contribution in [2.24, 2.45) is 0 Å². The molecule has 7 nitrogen and oxygen atoms in total. The Bertz CT molecular complexity index is 691. The molecule has 0 spiro atoms. The van der Waals surface area contributed by atoms with Gasteiger partial charge < -0.3 is 24.5 Å². The molecule has 2 aromatic rings. The fraction of sp³-hybridized carbons (Fsp3) is 0.200. The largest absolute Gasteiger partial charge is 0.497 e. The van der Waals surface area contributed by atoms with Crippen LogP contribution in [0.2, 0.25) is 0 Å². The van der Waals surface area contributed by atoms with Crippen LogP contribution in [0.15, 0.2) is 39.4 Å². The summed E-state index contributed by atoms with van der Waals surface area (Å²) in [5.41, 5.74) is 0.501. The van der Waals surface area contributed by atoms with E-state index in [-0.39, 0.29) is 18.2 Å². The molecule has 0 saturated heterocycles. The number of amides is 2. The van der Waals surface area contributed by atoms with Gasteiger partial charge in [-0.2, -0.15) is 0 Å². The van der Waals surface area contributed by atoms with Crippen molar-refractivity contribution in [1.82, 2.24) is 5.32 Å². The van der Waals surface area contributed by atoms with Gasteiger partial charge >= 0.3 is 0 Å². The molecule has 0 aliphatic rings. The van der Waals surface area contributed by atoms with Crippen molar-refractivity contribution in [3.05, 3.63) is 40.8 Å². The number of methoxy groups -OCH3 is 2. The molecule has 0 unspecified atom stereocenters. The minimum absolute atomic E-state index is 0.118. The summed E-state index contributed by atoms with van der Waals surface area (Å²) < 4.78 is 15.8. The molecule has 0 atom stereocenters. The fourth-order valence-corrected chi connectivity index (χ4v) is 2.08. The molecule has 0 saturated carbocycles. The molecule has 1 aromatic carbocycles. The maximum absolute atomic E-state index is 11.9. The third-order valence-corrected chi connectivity index (χ3v) is 3.27. The standard InChI is InChI=1S/C15H15BrN2O5/c1-21-10-5-9(6-11(7-10)22-2)18-14(19)8-17-15(20)12-3-4-13(16)23-12/h3-7H,8H2,1-2H3,(H,17,20)(H,18,19). The summed E-state index contributed by atoms with van der Waals surface area (Å²) in [6.07, 6.45) is 0. The lowest BCUT2D eigenvalue weighted by Crippen LogP contribution is -2.32. The summed E-state index contributed by atoms with van der Waals surface area (Å²) in [6, 6.07) is 8.08. The molecule has 0 bridgehead atoms. The Morgan fingerprint density at radius 3 is 2.30 bits per heavy atom. The van der Waals surface area contributed by atoms with Crippen LogP contribution in [-0.2, 0) is 4.79 Å². The molecule has 0 aliphatic carbocycles. The van der Waals surface area contributed by atoms with E-state index >= 15 is 0 Å². The number of hydrogen-bond donors (Lipinski definition) is 2. The van der Waals surface area contributed by atoms with Gasteiger partial charge in [0.1, 0.15) is 11.5 Å². The van der Waals surface area contributed by atoms with Gasteiger partial charge in [0.15, 0.2) is 10.4 Å². The van der Waals surface area contributed by atoms with Crippen molar-refractivity contribution >= 4 is 33.4 Å². The Morgan fingerprint density at radius 2 is 1.78 bits per heavy atom. The van der Waals surface area contributed by atoms with E-state index in [1.807, 2.05) is 0 Å². The number of nitrogens with one attached hydrogen (secondary N) is 2. The number of rotatable bonds is 6. The molecule has 1 aromatic heterocycles.